The molecule has 0 radical (unpaired) electrons. The number of amides is 4. The standard InChI is InChI=1S/C40H41FN10O5/c41-40(22-48(23-40)27-4-6-29-30(15-27)39(55)51(38(29)54)28-5-7-35(52)43-17-28)21-47-12-8-26(9-13-47)50-19-25-14-33(34(16-32(25)46-50)56-20-24-2-3-24)45-37(53)31-18-44-49-11-1-10-42-36(31)49/h1,4,6,10-11,14-16,18-19,24,26,28H,2-3,5,7-9,12-13,17,20-23H2,(H,43,52)(H,45,53). The van der Waals surface area contributed by atoms with Crippen molar-refractivity contribution in [3.63, 3.8) is 0 Å². The van der Waals surface area contributed by atoms with E-state index in [2.05, 4.69) is 25.6 Å². The molecule has 1 aliphatic carbocycles. The van der Waals surface area contributed by atoms with E-state index in [9.17, 15) is 19.2 Å². The van der Waals surface area contributed by atoms with Crippen LogP contribution in [0.3, 0.4) is 0 Å². The number of alkyl halides is 1. The molecule has 2 N–H and O–H groups in total. The molecule has 4 aliphatic heterocycles. The van der Waals surface area contributed by atoms with Crippen molar-refractivity contribution in [3.05, 3.63) is 77.9 Å². The minimum atomic E-state index is -1.39. The van der Waals surface area contributed by atoms with Crippen LogP contribution in [0.2, 0.25) is 0 Å². The van der Waals surface area contributed by atoms with Gasteiger partial charge in [-0.25, -0.2) is 13.9 Å². The van der Waals surface area contributed by atoms with Crippen molar-refractivity contribution in [2.24, 2.45) is 5.92 Å². The molecular formula is C40H41FN10O5. The average molecular weight is 761 g/mol. The second kappa shape index (κ2) is 13.4. The molecule has 56 heavy (non-hydrogen) atoms. The largest absolute Gasteiger partial charge is 0.491 e. The molecule has 0 bridgehead atoms. The van der Waals surface area contributed by atoms with Gasteiger partial charge in [0.15, 0.2) is 11.3 Å². The summed E-state index contributed by atoms with van der Waals surface area (Å²) in [5.41, 5.74) is 2.18. The fourth-order valence-electron chi connectivity index (χ4n) is 8.52. The van der Waals surface area contributed by atoms with E-state index < -0.39 is 5.67 Å². The average Bonchev–Trinajstić information content (AvgIpc) is 3.68. The van der Waals surface area contributed by atoms with Crippen LogP contribution in [0.15, 0.2) is 61.2 Å². The molecule has 15 nitrogen and oxygen atoms in total. The summed E-state index contributed by atoms with van der Waals surface area (Å²) in [7, 11) is 0. The molecule has 5 aromatic rings. The summed E-state index contributed by atoms with van der Waals surface area (Å²) in [6.45, 7) is 3.01. The zero-order valence-electron chi connectivity index (χ0n) is 30.7. The Morgan fingerprint density at radius 3 is 2.61 bits per heavy atom. The first-order valence-corrected chi connectivity index (χ1v) is 19.4. The van der Waals surface area contributed by atoms with Gasteiger partial charge in [0, 0.05) is 68.3 Å². The third-order valence-electron chi connectivity index (χ3n) is 11.8. The minimum Gasteiger partial charge on any atom is -0.491 e. The number of benzene rings is 2. The second-order valence-electron chi connectivity index (χ2n) is 15.9. The summed E-state index contributed by atoms with van der Waals surface area (Å²) in [6, 6.07) is 10.5. The first-order valence-electron chi connectivity index (χ1n) is 19.4. The first kappa shape index (κ1) is 34.6. The number of imide groups is 1. The van der Waals surface area contributed by atoms with Crippen molar-refractivity contribution in [1.29, 1.82) is 0 Å². The molecule has 10 rings (SSSR count). The SMILES string of the molecule is O=C1CCC(N2C(=O)c3ccc(N4CC(F)(CN5CCC(n6cc7cc(NC(=O)c8cnn9cccnc89)c(OCC8CC8)cc7n6)CC5)C4)cc3C2=O)CN1. The highest BCUT2D eigenvalue weighted by atomic mass is 19.1. The lowest BCUT2D eigenvalue weighted by atomic mass is 9.92. The lowest BCUT2D eigenvalue weighted by molar-refractivity contribution is -0.123. The van der Waals surface area contributed by atoms with Gasteiger partial charge in [-0.3, -0.25) is 33.7 Å². The van der Waals surface area contributed by atoms with Crippen LogP contribution in [-0.2, 0) is 4.79 Å². The molecule has 288 valence electrons. The number of nitrogens with zero attached hydrogens (tertiary/aromatic N) is 8. The third kappa shape index (κ3) is 6.30. The zero-order valence-corrected chi connectivity index (χ0v) is 30.7. The van der Waals surface area contributed by atoms with Gasteiger partial charge in [0.05, 0.1) is 60.3 Å². The monoisotopic (exact) mass is 760 g/mol. The number of halogens is 1. The van der Waals surface area contributed by atoms with Crippen LogP contribution in [0.25, 0.3) is 16.6 Å². The summed E-state index contributed by atoms with van der Waals surface area (Å²) < 4.78 is 25.8. The van der Waals surface area contributed by atoms with E-state index in [1.807, 2.05) is 27.9 Å². The van der Waals surface area contributed by atoms with Gasteiger partial charge in [0.25, 0.3) is 17.7 Å². The van der Waals surface area contributed by atoms with Crippen LogP contribution in [0.4, 0.5) is 15.8 Å². The van der Waals surface area contributed by atoms with Gasteiger partial charge in [-0.05, 0) is 68.4 Å². The van der Waals surface area contributed by atoms with Gasteiger partial charge in [0.2, 0.25) is 5.91 Å². The predicted molar refractivity (Wildman–Crippen MR) is 203 cm³/mol. The van der Waals surface area contributed by atoms with Gasteiger partial charge in [-0.2, -0.15) is 10.2 Å². The maximum atomic E-state index is 16.1. The number of likely N-dealkylation sites (tertiary alicyclic amines) is 1. The molecule has 0 spiro atoms. The molecule has 4 amide bonds. The van der Waals surface area contributed by atoms with E-state index in [1.165, 1.54) is 11.1 Å². The number of ether oxygens (including phenoxy) is 1. The summed E-state index contributed by atoms with van der Waals surface area (Å²) in [5.74, 6) is -0.0157. The second-order valence-corrected chi connectivity index (χ2v) is 15.9. The van der Waals surface area contributed by atoms with E-state index >= 15 is 4.39 Å². The van der Waals surface area contributed by atoms with Crippen LogP contribution in [0, 0.1) is 5.92 Å². The Morgan fingerprint density at radius 2 is 1.82 bits per heavy atom. The normalized spacial score (nSPS) is 21.4. The Morgan fingerprint density at radius 1 is 1.00 bits per heavy atom. The molecule has 16 heteroatoms. The van der Waals surface area contributed by atoms with Crippen molar-refractivity contribution >= 4 is 51.6 Å². The summed E-state index contributed by atoms with van der Waals surface area (Å²) in [4.78, 5) is 61.1. The maximum Gasteiger partial charge on any atom is 0.261 e. The van der Waals surface area contributed by atoms with Gasteiger partial charge in [-0.1, -0.05) is 0 Å². The third-order valence-corrected chi connectivity index (χ3v) is 11.8. The molecule has 2 aromatic carbocycles. The highest BCUT2D eigenvalue weighted by molar-refractivity contribution is 6.22. The fraction of sp³-hybridized carbons (Fsp3) is 0.425. The number of fused-ring (bicyclic) bond motifs is 3. The first-order chi connectivity index (χ1) is 27.2. The van der Waals surface area contributed by atoms with Gasteiger partial charge < -0.3 is 20.3 Å². The van der Waals surface area contributed by atoms with Crippen LogP contribution in [-0.4, -0.2) is 115 Å². The van der Waals surface area contributed by atoms with Crippen LogP contribution < -0.4 is 20.3 Å². The van der Waals surface area contributed by atoms with E-state index in [0.29, 0.717) is 59.3 Å². The number of carbonyl (C=O) groups is 4. The van der Waals surface area contributed by atoms with Gasteiger partial charge in [0.1, 0.15) is 11.3 Å². The van der Waals surface area contributed by atoms with Crippen molar-refractivity contribution in [2.45, 2.75) is 56.3 Å². The zero-order chi connectivity index (χ0) is 38.1. The Labute approximate surface area is 320 Å². The Kier molecular flexibility index (Phi) is 8.27. The fourth-order valence-corrected chi connectivity index (χ4v) is 8.52. The number of carbonyl (C=O) groups excluding carboxylic acids is 4. The highest BCUT2D eigenvalue weighted by Crippen LogP contribution is 2.38. The minimum absolute atomic E-state index is 0.0782. The maximum absolute atomic E-state index is 16.1. The van der Waals surface area contributed by atoms with Crippen molar-refractivity contribution in [3.8, 4) is 5.75 Å². The number of rotatable bonds is 10. The number of piperidine rings is 2. The predicted octanol–water partition coefficient (Wildman–Crippen LogP) is 3.86. The molecule has 3 aromatic heterocycles. The molecular weight excluding hydrogens is 720 g/mol. The highest BCUT2D eigenvalue weighted by Gasteiger charge is 2.47. The molecule has 5 aliphatic rings. The number of hydrogen-bond donors (Lipinski definition) is 2. The lowest BCUT2D eigenvalue weighted by Crippen LogP contribution is -2.64. The van der Waals surface area contributed by atoms with Gasteiger partial charge in [-0.15, -0.1) is 0 Å². The number of anilines is 2. The van der Waals surface area contributed by atoms with Crippen LogP contribution >= 0.6 is 0 Å². The summed E-state index contributed by atoms with van der Waals surface area (Å²) in [5, 5.41) is 15.8. The van der Waals surface area contributed by atoms with E-state index in [4.69, 9.17) is 9.84 Å². The van der Waals surface area contributed by atoms with E-state index in [1.54, 1.807) is 41.2 Å². The van der Waals surface area contributed by atoms with Crippen molar-refractivity contribution < 1.29 is 28.3 Å². The van der Waals surface area contributed by atoms with Gasteiger partial charge >= 0.3 is 0 Å². The van der Waals surface area contributed by atoms with Crippen molar-refractivity contribution in [1.82, 2.24) is 39.5 Å². The molecule has 4 fully saturated rings. The smallest absolute Gasteiger partial charge is 0.261 e. The number of hydrogen-bond acceptors (Lipinski definition) is 10. The summed E-state index contributed by atoms with van der Waals surface area (Å²) in [6.07, 6.45) is 11.5. The Hall–Kier alpha value is -5.90. The summed E-state index contributed by atoms with van der Waals surface area (Å²) >= 11 is 0. The molecule has 1 unspecified atom stereocenters. The van der Waals surface area contributed by atoms with Crippen LogP contribution in [0.5, 0.6) is 5.75 Å². The quantitative estimate of drug-likeness (QED) is 0.200. The lowest BCUT2D eigenvalue weighted by Gasteiger charge is -2.48. The van der Waals surface area contributed by atoms with Crippen molar-refractivity contribution in [2.75, 3.05) is 56.1 Å². The Balaban J connectivity index is 0.769. The molecule has 7 heterocycles. The molecule has 1 saturated carbocycles. The topological polar surface area (TPSA) is 159 Å². The molecule has 3 saturated heterocycles. The Bertz CT molecular complexity index is 2400. The van der Waals surface area contributed by atoms with E-state index in [-0.39, 0.29) is 61.8 Å². The molecule has 1 atom stereocenters. The van der Waals surface area contributed by atoms with E-state index in [0.717, 1.165) is 55.4 Å². The number of nitrogens with one attached hydrogen (secondary N) is 2. The number of aromatic nitrogens is 5. The van der Waals surface area contributed by atoms with Crippen LogP contribution in [0.1, 0.15) is 75.6 Å².